The van der Waals surface area contributed by atoms with E-state index >= 15 is 0 Å². The maximum atomic E-state index is 9.38. The van der Waals surface area contributed by atoms with Crippen LogP contribution in [0.25, 0.3) is 54.6 Å². The molecule has 0 saturated carbocycles. The van der Waals surface area contributed by atoms with Gasteiger partial charge in [0.15, 0.2) is 0 Å². The molecule has 1 aromatic heterocycles. The molecule has 0 aliphatic heterocycles. The van der Waals surface area contributed by atoms with Gasteiger partial charge in [0, 0.05) is 18.0 Å². The second kappa shape index (κ2) is 7.34. The summed E-state index contributed by atoms with van der Waals surface area (Å²) in [6.45, 7) is 0. The van der Waals surface area contributed by atoms with E-state index in [0.29, 0.717) is 5.56 Å². The van der Waals surface area contributed by atoms with Gasteiger partial charge in [-0.3, -0.25) is 4.98 Å². The summed E-state index contributed by atoms with van der Waals surface area (Å²) in [6, 6.07) is 36.4. The first-order valence-electron chi connectivity index (χ1n) is 10.6. The predicted molar refractivity (Wildman–Crippen MR) is 132 cm³/mol. The van der Waals surface area contributed by atoms with Crippen molar-refractivity contribution in [1.29, 1.82) is 5.26 Å². The molecular formula is C30H18N2. The van der Waals surface area contributed by atoms with Gasteiger partial charge in [-0.05, 0) is 67.2 Å². The van der Waals surface area contributed by atoms with Gasteiger partial charge in [-0.25, -0.2) is 0 Å². The van der Waals surface area contributed by atoms with Crippen molar-refractivity contribution < 1.29 is 0 Å². The number of rotatable bonds is 2. The summed E-state index contributed by atoms with van der Waals surface area (Å²) in [5, 5.41) is 16.6. The second-order valence-electron chi connectivity index (χ2n) is 7.97. The quantitative estimate of drug-likeness (QED) is 0.276. The summed E-state index contributed by atoms with van der Waals surface area (Å²) in [7, 11) is 0. The summed E-state index contributed by atoms with van der Waals surface area (Å²) in [5.41, 5.74) is 5.06. The van der Waals surface area contributed by atoms with Crippen molar-refractivity contribution in [2.24, 2.45) is 0 Å². The first kappa shape index (κ1) is 18.3. The molecule has 0 amide bonds. The van der Waals surface area contributed by atoms with E-state index < -0.39 is 0 Å². The third-order valence-corrected chi connectivity index (χ3v) is 6.15. The fourth-order valence-electron chi connectivity index (χ4n) is 4.69. The van der Waals surface area contributed by atoms with Crippen molar-refractivity contribution in [2.45, 2.75) is 0 Å². The predicted octanol–water partition coefficient (Wildman–Crippen LogP) is 7.75. The lowest BCUT2D eigenvalue weighted by molar-refractivity contribution is 1.30. The molecule has 0 radical (unpaired) electrons. The van der Waals surface area contributed by atoms with E-state index in [1.165, 1.54) is 38.1 Å². The number of aromatic nitrogens is 1. The van der Waals surface area contributed by atoms with Crippen LogP contribution in [0.1, 0.15) is 5.56 Å². The highest BCUT2D eigenvalue weighted by atomic mass is 14.6. The van der Waals surface area contributed by atoms with Gasteiger partial charge in [-0.2, -0.15) is 5.26 Å². The highest BCUT2D eigenvalue weighted by Crippen LogP contribution is 2.41. The Morgan fingerprint density at radius 3 is 1.62 bits per heavy atom. The number of benzene rings is 5. The number of hydrogen-bond donors (Lipinski definition) is 0. The molecule has 0 spiro atoms. The van der Waals surface area contributed by atoms with Crippen LogP contribution in [-0.4, -0.2) is 4.98 Å². The van der Waals surface area contributed by atoms with Crippen LogP contribution < -0.4 is 0 Å². The molecule has 0 bridgehead atoms. The lowest BCUT2D eigenvalue weighted by Crippen LogP contribution is -1.90. The van der Waals surface area contributed by atoms with Crippen LogP contribution in [0.4, 0.5) is 0 Å². The molecule has 0 atom stereocenters. The van der Waals surface area contributed by atoms with E-state index in [4.69, 9.17) is 0 Å². The maximum Gasteiger partial charge on any atom is 0.101 e. The largest absolute Gasteiger partial charge is 0.263 e. The normalized spacial score (nSPS) is 11.1. The molecule has 0 fully saturated rings. The minimum Gasteiger partial charge on any atom is -0.263 e. The van der Waals surface area contributed by atoms with Crippen molar-refractivity contribution in [1.82, 2.24) is 4.98 Å². The van der Waals surface area contributed by atoms with Crippen LogP contribution in [0.5, 0.6) is 0 Å². The summed E-state index contributed by atoms with van der Waals surface area (Å²) in [4.78, 5) is 4.31. The van der Waals surface area contributed by atoms with Crippen LogP contribution in [0.15, 0.2) is 109 Å². The number of nitriles is 1. The summed E-state index contributed by atoms with van der Waals surface area (Å²) in [5.74, 6) is 0. The topological polar surface area (TPSA) is 36.7 Å². The van der Waals surface area contributed by atoms with Gasteiger partial charge in [0.05, 0.1) is 5.56 Å². The smallest absolute Gasteiger partial charge is 0.101 e. The zero-order valence-corrected chi connectivity index (χ0v) is 17.3. The molecule has 0 aliphatic carbocycles. The molecule has 148 valence electrons. The van der Waals surface area contributed by atoms with Gasteiger partial charge in [0.25, 0.3) is 0 Å². The van der Waals surface area contributed by atoms with Gasteiger partial charge < -0.3 is 0 Å². The maximum absolute atomic E-state index is 9.38. The van der Waals surface area contributed by atoms with Crippen molar-refractivity contribution in [2.75, 3.05) is 0 Å². The van der Waals surface area contributed by atoms with Crippen molar-refractivity contribution in [3.8, 4) is 28.3 Å². The van der Waals surface area contributed by atoms with Gasteiger partial charge >= 0.3 is 0 Å². The molecule has 2 heteroatoms. The van der Waals surface area contributed by atoms with Gasteiger partial charge in [-0.1, -0.05) is 78.9 Å². The third-order valence-electron chi connectivity index (χ3n) is 6.15. The van der Waals surface area contributed by atoms with E-state index in [9.17, 15) is 5.26 Å². The molecule has 5 aromatic carbocycles. The van der Waals surface area contributed by atoms with Gasteiger partial charge in [0.2, 0.25) is 0 Å². The zero-order chi connectivity index (χ0) is 21.5. The van der Waals surface area contributed by atoms with Crippen LogP contribution in [0.2, 0.25) is 0 Å². The van der Waals surface area contributed by atoms with E-state index in [1.54, 1.807) is 6.20 Å². The lowest BCUT2D eigenvalue weighted by atomic mass is 9.88. The molecular weight excluding hydrogens is 388 g/mol. The van der Waals surface area contributed by atoms with Gasteiger partial charge in [0.1, 0.15) is 6.07 Å². The summed E-state index contributed by atoms with van der Waals surface area (Å²) < 4.78 is 0. The Bertz CT molecular complexity index is 1680. The number of fused-ring (bicyclic) bond motifs is 5. The summed E-state index contributed by atoms with van der Waals surface area (Å²) >= 11 is 0. The van der Waals surface area contributed by atoms with Crippen LogP contribution in [0, 0.1) is 11.3 Å². The summed E-state index contributed by atoms with van der Waals surface area (Å²) in [6.07, 6.45) is 3.45. The fourth-order valence-corrected chi connectivity index (χ4v) is 4.69. The zero-order valence-electron chi connectivity index (χ0n) is 17.3. The Hall–Kier alpha value is -4.48. The minimum atomic E-state index is 0.566. The van der Waals surface area contributed by atoms with Crippen molar-refractivity contribution in [3.63, 3.8) is 0 Å². The Kier molecular flexibility index (Phi) is 4.20. The Morgan fingerprint density at radius 2 is 1.03 bits per heavy atom. The third kappa shape index (κ3) is 2.84. The molecule has 32 heavy (non-hydrogen) atoms. The molecule has 0 N–H and O–H groups in total. The lowest BCUT2D eigenvalue weighted by Gasteiger charge is -2.16. The number of pyridine rings is 1. The Morgan fingerprint density at radius 1 is 0.500 bits per heavy atom. The van der Waals surface area contributed by atoms with Gasteiger partial charge in [-0.15, -0.1) is 0 Å². The van der Waals surface area contributed by atoms with Crippen LogP contribution in [0.3, 0.4) is 0 Å². The first-order chi connectivity index (χ1) is 15.8. The molecule has 0 unspecified atom stereocenters. The molecule has 6 aromatic rings. The minimum absolute atomic E-state index is 0.566. The Labute approximate surface area is 186 Å². The average Bonchev–Trinajstić information content (AvgIpc) is 2.88. The average molecular weight is 406 g/mol. The van der Waals surface area contributed by atoms with Crippen LogP contribution >= 0.6 is 0 Å². The van der Waals surface area contributed by atoms with E-state index in [2.05, 4.69) is 102 Å². The highest BCUT2D eigenvalue weighted by molar-refractivity contribution is 6.23. The van der Waals surface area contributed by atoms with E-state index in [1.807, 2.05) is 12.3 Å². The monoisotopic (exact) mass is 406 g/mol. The van der Waals surface area contributed by atoms with Crippen molar-refractivity contribution in [3.05, 3.63) is 115 Å². The SMILES string of the molecule is N#Cc1cncc(-c2cc3c4ccccc4c(-c4ccccc4)cc3c3ccccc23)c1. The molecule has 0 aliphatic rings. The number of nitrogens with zero attached hydrogens (tertiary/aromatic N) is 2. The highest BCUT2D eigenvalue weighted by Gasteiger charge is 2.14. The second-order valence-corrected chi connectivity index (χ2v) is 7.97. The molecule has 6 rings (SSSR count). The standard InChI is InChI=1S/C30H18N2/c31-17-20-14-22(19-32-18-20)28-16-30-25-12-6-4-10-23(25)27(21-8-2-1-3-9-21)15-29(30)26-13-7-5-11-24(26)28/h1-16,18-19H. The molecule has 0 saturated heterocycles. The van der Waals surface area contributed by atoms with E-state index in [0.717, 1.165) is 16.5 Å². The fraction of sp³-hybridized carbons (Fsp3) is 0. The first-order valence-corrected chi connectivity index (χ1v) is 10.6. The number of hydrogen-bond acceptors (Lipinski definition) is 2. The van der Waals surface area contributed by atoms with Crippen LogP contribution in [-0.2, 0) is 0 Å². The van der Waals surface area contributed by atoms with Crippen molar-refractivity contribution >= 4 is 32.3 Å². The van der Waals surface area contributed by atoms with E-state index in [-0.39, 0.29) is 0 Å². The Balaban J connectivity index is 1.79. The molecule has 1 heterocycles. The molecule has 2 nitrogen and oxygen atoms in total.